The molecule has 1 atom stereocenters. The topological polar surface area (TPSA) is 86.8 Å². The van der Waals surface area contributed by atoms with Crippen molar-refractivity contribution >= 4 is 33.2 Å². The van der Waals surface area contributed by atoms with Gasteiger partial charge in [0, 0.05) is 37.0 Å². The minimum Gasteiger partial charge on any atom is -0.351 e. The van der Waals surface area contributed by atoms with Crippen LogP contribution in [-0.4, -0.2) is 55.1 Å². The Hall–Kier alpha value is -1.45. The summed E-state index contributed by atoms with van der Waals surface area (Å²) in [4.78, 5) is 27.5. The van der Waals surface area contributed by atoms with Gasteiger partial charge >= 0.3 is 0 Å². The van der Waals surface area contributed by atoms with E-state index in [9.17, 15) is 18.0 Å². The normalized spacial score (nSPS) is 21.0. The Balaban J connectivity index is 1.56. The first-order valence-electron chi connectivity index (χ1n) is 10.0. The first kappa shape index (κ1) is 21.3. The van der Waals surface area contributed by atoms with E-state index in [-0.39, 0.29) is 30.7 Å². The fourth-order valence-electron chi connectivity index (χ4n) is 4.08. The number of thiophene rings is 1. The maximum atomic E-state index is 12.6. The Kier molecular flexibility index (Phi) is 6.77. The summed E-state index contributed by atoms with van der Waals surface area (Å²) in [6.07, 6.45) is 4.66. The predicted molar refractivity (Wildman–Crippen MR) is 108 cm³/mol. The van der Waals surface area contributed by atoms with Gasteiger partial charge in [0.1, 0.15) is 4.21 Å². The van der Waals surface area contributed by atoms with Gasteiger partial charge in [0.25, 0.3) is 10.0 Å². The Morgan fingerprint density at radius 3 is 2.57 bits per heavy atom. The smallest absolute Gasteiger partial charge is 0.252 e. The molecule has 3 rings (SSSR count). The zero-order valence-corrected chi connectivity index (χ0v) is 18.2. The average Bonchev–Trinajstić information content (AvgIpc) is 3.41. The van der Waals surface area contributed by atoms with Gasteiger partial charge in [-0.25, -0.2) is 8.42 Å². The van der Waals surface area contributed by atoms with Crippen molar-refractivity contribution in [3.8, 4) is 0 Å². The van der Waals surface area contributed by atoms with Crippen molar-refractivity contribution in [1.29, 1.82) is 0 Å². The molecule has 1 N–H and O–H groups in total. The summed E-state index contributed by atoms with van der Waals surface area (Å²) in [6, 6.07) is 3.64. The molecule has 1 aliphatic heterocycles. The van der Waals surface area contributed by atoms with Crippen LogP contribution in [0, 0.1) is 5.92 Å². The summed E-state index contributed by atoms with van der Waals surface area (Å²) in [5.41, 5.74) is 0. The number of carbonyl (C=O) groups is 2. The highest BCUT2D eigenvalue weighted by molar-refractivity contribution is 7.91. The van der Waals surface area contributed by atoms with E-state index >= 15 is 0 Å². The van der Waals surface area contributed by atoms with E-state index in [2.05, 4.69) is 5.32 Å². The van der Waals surface area contributed by atoms with Crippen molar-refractivity contribution in [3.63, 3.8) is 0 Å². The molecule has 7 nitrogen and oxygen atoms in total. The Bertz CT molecular complexity index is 811. The molecule has 0 unspecified atom stereocenters. The molecule has 2 fully saturated rings. The van der Waals surface area contributed by atoms with E-state index in [0.717, 1.165) is 30.6 Å². The number of sulfonamides is 1. The van der Waals surface area contributed by atoms with Crippen LogP contribution in [0.15, 0.2) is 16.3 Å². The second-order valence-corrected chi connectivity index (χ2v) is 10.7. The van der Waals surface area contributed by atoms with Gasteiger partial charge < -0.3 is 10.2 Å². The first-order valence-corrected chi connectivity index (χ1v) is 12.3. The molecule has 1 aliphatic carbocycles. The van der Waals surface area contributed by atoms with Gasteiger partial charge in [-0.2, -0.15) is 4.31 Å². The molecule has 1 saturated heterocycles. The third-order valence-electron chi connectivity index (χ3n) is 5.67. The minimum atomic E-state index is -3.47. The largest absolute Gasteiger partial charge is 0.351 e. The number of carbonyl (C=O) groups excluding carboxylic acids is 2. The fraction of sp³-hybridized carbons (Fsp3) is 0.684. The maximum Gasteiger partial charge on any atom is 0.252 e. The number of amides is 2. The molecule has 1 aromatic heterocycles. The van der Waals surface area contributed by atoms with Crippen LogP contribution in [0.1, 0.15) is 50.8 Å². The van der Waals surface area contributed by atoms with Crippen LogP contribution < -0.4 is 5.32 Å². The molecule has 9 heteroatoms. The van der Waals surface area contributed by atoms with E-state index < -0.39 is 10.0 Å². The molecule has 0 radical (unpaired) electrons. The summed E-state index contributed by atoms with van der Waals surface area (Å²) < 4.78 is 26.8. The van der Waals surface area contributed by atoms with Gasteiger partial charge in [-0.15, -0.1) is 11.3 Å². The maximum absolute atomic E-state index is 12.6. The first-order chi connectivity index (χ1) is 13.4. The van der Waals surface area contributed by atoms with Gasteiger partial charge in [0.15, 0.2) is 0 Å². The van der Waals surface area contributed by atoms with Crippen molar-refractivity contribution in [2.75, 3.05) is 19.6 Å². The SMILES string of the molecule is CCN(CC)S(=O)(=O)c1ccc(CNC(=O)[C@H]2CC(=O)N(C3CCCC3)C2)s1. The third kappa shape index (κ3) is 4.41. The van der Waals surface area contributed by atoms with Gasteiger partial charge in [-0.3, -0.25) is 9.59 Å². The van der Waals surface area contributed by atoms with Crippen molar-refractivity contribution < 1.29 is 18.0 Å². The third-order valence-corrected chi connectivity index (χ3v) is 9.27. The number of rotatable bonds is 8. The predicted octanol–water partition coefficient (Wildman–Crippen LogP) is 2.19. The molecule has 2 amide bonds. The Morgan fingerprint density at radius 1 is 1.25 bits per heavy atom. The highest BCUT2D eigenvalue weighted by Gasteiger charge is 2.38. The van der Waals surface area contributed by atoms with Gasteiger partial charge in [0.05, 0.1) is 12.5 Å². The summed E-state index contributed by atoms with van der Waals surface area (Å²) in [5, 5.41) is 2.88. The lowest BCUT2D eigenvalue weighted by molar-refractivity contribution is -0.130. The molecule has 0 spiro atoms. The molecular weight excluding hydrogens is 398 g/mol. The van der Waals surface area contributed by atoms with Gasteiger partial charge in [0.2, 0.25) is 11.8 Å². The van der Waals surface area contributed by atoms with Gasteiger partial charge in [-0.1, -0.05) is 26.7 Å². The number of likely N-dealkylation sites (tertiary alicyclic amines) is 1. The van der Waals surface area contributed by atoms with Crippen LogP contribution in [0.5, 0.6) is 0 Å². The van der Waals surface area contributed by atoms with E-state index in [4.69, 9.17) is 0 Å². The quantitative estimate of drug-likeness (QED) is 0.689. The second kappa shape index (κ2) is 8.92. The summed E-state index contributed by atoms with van der Waals surface area (Å²) in [6.45, 7) is 5.26. The van der Waals surface area contributed by atoms with Crippen LogP contribution in [-0.2, 0) is 26.2 Å². The second-order valence-electron chi connectivity index (χ2n) is 7.41. The van der Waals surface area contributed by atoms with Gasteiger partial charge in [-0.05, 0) is 25.0 Å². The number of nitrogens with zero attached hydrogens (tertiary/aromatic N) is 2. The Morgan fingerprint density at radius 2 is 1.93 bits per heavy atom. The van der Waals surface area contributed by atoms with E-state index in [1.807, 2.05) is 18.7 Å². The van der Waals surface area contributed by atoms with Crippen molar-refractivity contribution in [2.45, 2.75) is 62.7 Å². The van der Waals surface area contributed by atoms with Crippen molar-refractivity contribution in [3.05, 3.63) is 17.0 Å². The fourth-order valence-corrected chi connectivity index (χ4v) is 6.99. The molecule has 0 bridgehead atoms. The summed E-state index contributed by atoms with van der Waals surface area (Å²) in [7, 11) is -3.47. The van der Waals surface area contributed by atoms with E-state index in [1.54, 1.807) is 12.1 Å². The minimum absolute atomic E-state index is 0.0794. The number of nitrogens with one attached hydrogen (secondary N) is 1. The highest BCUT2D eigenvalue weighted by atomic mass is 32.2. The summed E-state index contributed by atoms with van der Waals surface area (Å²) >= 11 is 1.18. The monoisotopic (exact) mass is 427 g/mol. The molecule has 1 saturated carbocycles. The lowest BCUT2D eigenvalue weighted by Crippen LogP contribution is -2.36. The van der Waals surface area contributed by atoms with Crippen LogP contribution >= 0.6 is 11.3 Å². The van der Waals surface area contributed by atoms with Crippen LogP contribution in [0.4, 0.5) is 0 Å². The Labute approximate surface area is 171 Å². The lowest BCUT2D eigenvalue weighted by atomic mass is 10.1. The average molecular weight is 428 g/mol. The molecule has 156 valence electrons. The van der Waals surface area contributed by atoms with Crippen LogP contribution in [0.2, 0.25) is 0 Å². The van der Waals surface area contributed by atoms with E-state index in [0.29, 0.717) is 29.9 Å². The number of hydrogen-bond donors (Lipinski definition) is 1. The van der Waals surface area contributed by atoms with Crippen molar-refractivity contribution in [1.82, 2.24) is 14.5 Å². The zero-order chi connectivity index (χ0) is 20.3. The molecule has 2 heterocycles. The number of hydrogen-bond acceptors (Lipinski definition) is 5. The molecule has 0 aromatic carbocycles. The van der Waals surface area contributed by atoms with E-state index in [1.165, 1.54) is 15.6 Å². The molecular formula is C19H29N3O4S2. The lowest BCUT2D eigenvalue weighted by Gasteiger charge is -2.23. The van der Waals surface area contributed by atoms with Crippen molar-refractivity contribution in [2.24, 2.45) is 5.92 Å². The zero-order valence-electron chi connectivity index (χ0n) is 16.5. The molecule has 2 aliphatic rings. The summed E-state index contributed by atoms with van der Waals surface area (Å²) in [5.74, 6) is -0.363. The van der Waals surface area contributed by atoms with Crippen LogP contribution in [0.25, 0.3) is 0 Å². The van der Waals surface area contributed by atoms with Crippen LogP contribution in [0.3, 0.4) is 0 Å². The highest BCUT2D eigenvalue weighted by Crippen LogP contribution is 2.30. The molecule has 1 aromatic rings. The standard InChI is InChI=1S/C19H29N3O4S2/c1-3-21(4-2)28(25,26)18-10-9-16(27-18)12-20-19(24)14-11-17(23)22(13-14)15-7-5-6-8-15/h9-10,14-15H,3-8,11-13H2,1-2H3,(H,20,24)/t14-/m0/s1. The molecule has 28 heavy (non-hydrogen) atoms.